The third-order valence-corrected chi connectivity index (χ3v) is 2.76. The van der Waals surface area contributed by atoms with Gasteiger partial charge in [0.25, 0.3) is 0 Å². The van der Waals surface area contributed by atoms with Gasteiger partial charge in [-0.3, -0.25) is 0 Å². The van der Waals surface area contributed by atoms with Crippen LogP contribution >= 0.6 is 0 Å². The molecule has 1 heterocycles. The van der Waals surface area contributed by atoms with Gasteiger partial charge >= 0.3 is 0 Å². The van der Waals surface area contributed by atoms with E-state index in [1.807, 2.05) is 0 Å². The quantitative estimate of drug-likeness (QED) is 0.665. The predicted molar refractivity (Wildman–Crippen MR) is 60.5 cm³/mol. The van der Waals surface area contributed by atoms with Gasteiger partial charge in [-0.25, -0.2) is 0 Å². The van der Waals surface area contributed by atoms with Gasteiger partial charge in [-0.05, 0) is 12.3 Å². The van der Waals surface area contributed by atoms with Crippen molar-refractivity contribution in [2.75, 3.05) is 0 Å². The van der Waals surface area contributed by atoms with Gasteiger partial charge in [0, 0.05) is 12.1 Å². The number of epoxide rings is 1. The molecular formula is C12H25NO. The highest BCUT2D eigenvalue weighted by Gasteiger charge is 2.45. The summed E-state index contributed by atoms with van der Waals surface area (Å²) in [6.45, 7) is 11.1. The van der Waals surface area contributed by atoms with Crippen LogP contribution in [0, 0.1) is 5.92 Å². The zero-order valence-electron chi connectivity index (χ0n) is 10.2. The smallest absolute Gasteiger partial charge is 0.0997 e. The molecule has 2 nitrogen and oxygen atoms in total. The number of rotatable bonds is 6. The molecule has 0 radical (unpaired) electrons. The highest BCUT2D eigenvalue weighted by atomic mass is 16.6. The van der Waals surface area contributed by atoms with Crippen LogP contribution in [0.1, 0.15) is 47.5 Å². The second-order valence-corrected chi connectivity index (χ2v) is 5.03. The lowest BCUT2D eigenvalue weighted by atomic mass is 10.00. The molecule has 0 bridgehead atoms. The van der Waals surface area contributed by atoms with Crippen molar-refractivity contribution in [1.82, 2.24) is 5.32 Å². The van der Waals surface area contributed by atoms with Crippen molar-refractivity contribution in [3.05, 3.63) is 0 Å². The van der Waals surface area contributed by atoms with Gasteiger partial charge in [-0.15, -0.1) is 0 Å². The maximum atomic E-state index is 5.73. The van der Waals surface area contributed by atoms with E-state index in [9.17, 15) is 0 Å². The maximum Gasteiger partial charge on any atom is 0.0997 e. The molecule has 0 saturated carbocycles. The lowest BCUT2D eigenvalue weighted by Crippen LogP contribution is -2.39. The van der Waals surface area contributed by atoms with Crippen LogP contribution < -0.4 is 5.32 Å². The molecule has 2 heteroatoms. The molecule has 1 aliphatic heterocycles. The van der Waals surface area contributed by atoms with Gasteiger partial charge in [-0.1, -0.05) is 41.0 Å². The summed E-state index contributed by atoms with van der Waals surface area (Å²) in [6, 6.07) is 1.12. The van der Waals surface area contributed by atoms with Crippen LogP contribution in [0.3, 0.4) is 0 Å². The van der Waals surface area contributed by atoms with Crippen LogP contribution in [0.2, 0.25) is 0 Å². The Balaban J connectivity index is 2.37. The average Bonchev–Trinajstić information content (AvgIpc) is 2.81. The van der Waals surface area contributed by atoms with Crippen molar-refractivity contribution >= 4 is 0 Å². The summed E-state index contributed by atoms with van der Waals surface area (Å²) >= 11 is 0. The first-order chi connectivity index (χ1) is 6.56. The summed E-state index contributed by atoms with van der Waals surface area (Å²) in [5.41, 5.74) is 0. The van der Waals surface area contributed by atoms with Crippen LogP contribution in [0.25, 0.3) is 0 Å². The first-order valence-electron chi connectivity index (χ1n) is 5.97. The minimum atomic E-state index is 0.470. The first-order valence-corrected chi connectivity index (χ1v) is 5.97. The van der Waals surface area contributed by atoms with Crippen molar-refractivity contribution in [1.29, 1.82) is 0 Å². The SMILES string of the molecule is CCCC(NC(C)C)C1OC1C(C)C. The summed E-state index contributed by atoms with van der Waals surface area (Å²) in [4.78, 5) is 0. The lowest BCUT2D eigenvalue weighted by molar-refractivity contribution is 0.294. The summed E-state index contributed by atoms with van der Waals surface area (Å²) in [6.07, 6.45) is 3.43. The summed E-state index contributed by atoms with van der Waals surface area (Å²) in [5.74, 6) is 0.660. The lowest BCUT2D eigenvalue weighted by Gasteiger charge is -2.19. The second-order valence-electron chi connectivity index (χ2n) is 5.03. The summed E-state index contributed by atoms with van der Waals surface area (Å²) in [5, 5.41) is 3.60. The largest absolute Gasteiger partial charge is 0.368 e. The third kappa shape index (κ3) is 3.25. The van der Waals surface area contributed by atoms with E-state index in [1.54, 1.807) is 0 Å². The van der Waals surface area contributed by atoms with E-state index >= 15 is 0 Å². The second kappa shape index (κ2) is 5.13. The minimum absolute atomic E-state index is 0.470. The van der Waals surface area contributed by atoms with E-state index in [-0.39, 0.29) is 0 Å². The minimum Gasteiger partial charge on any atom is -0.368 e. The van der Waals surface area contributed by atoms with Crippen molar-refractivity contribution in [3.63, 3.8) is 0 Å². The van der Waals surface area contributed by atoms with E-state index < -0.39 is 0 Å². The fraction of sp³-hybridized carbons (Fsp3) is 1.00. The first kappa shape index (κ1) is 12.0. The van der Waals surface area contributed by atoms with E-state index in [0.29, 0.717) is 30.2 Å². The molecule has 14 heavy (non-hydrogen) atoms. The van der Waals surface area contributed by atoms with Crippen LogP contribution in [0.4, 0.5) is 0 Å². The van der Waals surface area contributed by atoms with Crippen LogP contribution in [0.5, 0.6) is 0 Å². The van der Waals surface area contributed by atoms with Gasteiger partial charge in [0.1, 0.15) is 0 Å². The van der Waals surface area contributed by atoms with Crippen molar-refractivity contribution in [2.45, 2.75) is 71.8 Å². The molecule has 0 aliphatic carbocycles. The normalized spacial score (nSPS) is 28.5. The van der Waals surface area contributed by atoms with E-state index in [2.05, 4.69) is 39.9 Å². The van der Waals surface area contributed by atoms with Crippen molar-refractivity contribution in [3.8, 4) is 0 Å². The molecule has 1 fully saturated rings. The Morgan fingerprint density at radius 1 is 1.14 bits per heavy atom. The Kier molecular flexibility index (Phi) is 4.39. The zero-order chi connectivity index (χ0) is 10.7. The van der Waals surface area contributed by atoms with Crippen LogP contribution in [0.15, 0.2) is 0 Å². The summed E-state index contributed by atoms with van der Waals surface area (Å²) < 4.78 is 5.73. The Morgan fingerprint density at radius 2 is 1.79 bits per heavy atom. The molecule has 84 valence electrons. The third-order valence-electron chi connectivity index (χ3n) is 2.76. The fourth-order valence-corrected chi connectivity index (χ4v) is 2.08. The molecule has 0 amide bonds. The standard InChI is InChI=1S/C12H25NO/c1-6-7-10(13-9(4)5)12-11(14-12)8(2)3/h8-13H,6-7H2,1-5H3. The number of ether oxygens (including phenoxy) is 1. The molecule has 1 rings (SSSR count). The number of nitrogens with one attached hydrogen (secondary N) is 1. The molecule has 0 spiro atoms. The Bertz CT molecular complexity index is 168. The summed E-state index contributed by atoms with van der Waals surface area (Å²) in [7, 11) is 0. The van der Waals surface area contributed by atoms with Crippen LogP contribution in [-0.4, -0.2) is 24.3 Å². The molecule has 1 saturated heterocycles. The number of hydrogen-bond donors (Lipinski definition) is 1. The zero-order valence-corrected chi connectivity index (χ0v) is 10.2. The molecule has 3 unspecified atom stereocenters. The molecule has 0 aromatic carbocycles. The average molecular weight is 199 g/mol. The predicted octanol–water partition coefficient (Wildman–Crippen LogP) is 2.58. The van der Waals surface area contributed by atoms with Gasteiger partial charge in [-0.2, -0.15) is 0 Å². The van der Waals surface area contributed by atoms with Crippen molar-refractivity contribution < 1.29 is 4.74 Å². The Hall–Kier alpha value is -0.0800. The topological polar surface area (TPSA) is 24.6 Å². The van der Waals surface area contributed by atoms with E-state index in [0.717, 1.165) is 0 Å². The monoisotopic (exact) mass is 199 g/mol. The van der Waals surface area contributed by atoms with Gasteiger partial charge in [0.15, 0.2) is 0 Å². The highest BCUT2D eigenvalue weighted by molar-refractivity contribution is 4.96. The molecular weight excluding hydrogens is 174 g/mol. The van der Waals surface area contributed by atoms with Crippen molar-refractivity contribution in [2.24, 2.45) is 5.92 Å². The van der Waals surface area contributed by atoms with Gasteiger partial charge in [0.05, 0.1) is 12.2 Å². The number of hydrogen-bond acceptors (Lipinski definition) is 2. The van der Waals surface area contributed by atoms with E-state index in [4.69, 9.17) is 4.74 Å². The molecule has 1 aliphatic rings. The molecule has 0 aromatic rings. The highest BCUT2D eigenvalue weighted by Crippen LogP contribution is 2.33. The Morgan fingerprint density at radius 3 is 2.14 bits per heavy atom. The molecule has 0 aromatic heterocycles. The van der Waals surface area contributed by atoms with Gasteiger partial charge in [0.2, 0.25) is 0 Å². The Labute approximate surface area is 88.4 Å². The van der Waals surface area contributed by atoms with E-state index in [1.165, 1.54) is 12.8 Å². The van der Waals surface area contributed by atoms with Crippen LogP contribution in [-0.2, 0) is 4.74 Å². The van der Waals surface area contributed by atoms with Gasteiger partial charge < -0.3 is 10.1 Å². The molecule has 3 atom stereocenters. The maximum absolute atomic E-state index is 5.73. The fourth-order valence-electron chi connectivity index (χ4n) is 2.08. The molecule has 1 N–H and O–H groups in total.